The van der Waals surface area contributed by atoms with Gasteiger partial charge in [0.25, 0.3) is 0 Å². The van der Waals surface area contributed by atoms with Crippen LogP contribution in [0.1, 0.15) is 16.1 Å². The van der Waals surface area contributed by atoms with Crippen LogP contribution in [-0.4, -0.2) is 27.8 Å². The molecule has 0 radical (unpaired) electrons. The molecular weight excluding hydrogens is 230 g/mol. The first kappa shape index (κ1) is 10.9. The van der Waals surface area contributed by atoms with Crippen molar-refractivity contribution in [1.82, 2.24) is 14.8 Å². The lowest BCUT2D eigenvalue weighted by Gasteiger charge is -2.02. The summed E-state index contributed by atoms with van der Waals surface area (Å²) in [5, 5.41) is 5.22. The Morgan fingerprint density at radius 1 is 1.56 bits per heavy atom. The molecule has 2 aromatic rings. The first-order valence-corrected chi connectivity index (χ1v) is 5.00. The van der Waals surface area contributed by atoms with Gasteiger partial charge in [0.2, 0.25) is 0 Å². The number of aromatic nitrogens is 3. The van der Waals surface area contributed by atoms with E-state index in [0.29, 0.717) is 16.1 Å². The molecular formula is C10H10ClN3O2. The molecule has 0 saturated heterocycles. The molecule has 2 aromatic heterocycles. The standard InChI is InChI=1S/C10H10ClN3O2/c1-5-7-8(11)6(10(15)16-3)4-12-9(7)14(2)13-5/h4H,1-3H3. The highest BCUT2D eigenvalue weighted by Gasteiger charge is 2.18. The van der Waals surface area contributed by atoms with E-state index in [4.69, 9.17) is 11.6 Å². The van der Waals surface area contributed by atoms with E-state index in [2.05, 4.69) is 14.8 Å². The SMILES string of the molecule is COC(=O)c1cnc2c(c(C)nn2C)c1Cl. The maximum atomic E-state index is 11.4. The van der Waals surface area contributed by atoms with Gasteiger partial charge in [0.1, 0.15) is 0 Å². The zero-order valence-electron chi connectivity index (χ0n) is 9.11. The third-order valence-corrected chi connectivity index (χ3v) is 2.76. The number of hydrogen-bond donors (Lipinski definition) is 0. The quantitative estimate of drug-likeness (QED) is 0.711. The van der Waals surface area contributed by atoms with Crippen LogP contribution in [0.4, 0.5) is 0 Å². The van der Waals surface area contributed by atoms with Gasteiger partial charge in [-0.3, -0.25) is 4.68 Å². The van der Waals surface area contributed by atoms with Crippen molar-refractivity contribution in [3.8, 4) is 0 Å². The summed E-state index contributed by atoms with van der Waals surface area (Å²) in [6, 6.07) is 0. The lowest BCUT2D eigenvalue weighted by Crippen LogP contribution is -2.03. The number of halogens is 1. The van der Waals surface area contributed by atoms with Crippen LogP contribution in [0.15, 0.2) is 6.20 Å². The summed E-state index contributed by atoms with van der Waals surface area (Å²) < 4.78 is 6.24. The van der Waals surface area contributed by atoms with Crippen LogP contribution in [0.5, 0.6) is 0 Å². The molecule has 16 heavy (non-hydrogen) atoms. The number of pyridine rings is 1. The number of carbonyl (C=O) groups excluding carboxylic acids is 1. The Morgan fingerprint density at radius 3 is 2.88 bits per heavy atom. The molecule has 2 heterocycles. The number of methoxy groups -OCH3 is 1. The van der Waals surface area contributed by atoms with Crippen LogP contribution in [0, 0.1) is 6.92 Å². The number of rotatable bonds is 1. The van der Waals surface area contributed by atoms with Crippen LogP contribution in [0.2, 0.25) is 5.02 Å². The van der Waals surface area contributed by atoms with Crippen molar-refractivity contribution in [2.45, 2.75) is 6.92 Å². The molecule has 0 saturated carbocycles. The van der Waals surface area contributed by atoms with Gasteiger partial charge in [-0.25, -0.2) is 9.78 Å². The average Bonchev–Trinajstić information content (AvgIpc) is 2.54. The Bertz CT molecular complexity index is 577. The van der Waals surface area contributed by atoms with Gasteiger partial charge >= 0.3 is 5.97 Å². The van der Waals surface area contributed by atoms with Crippen LogP contribution >= 0.6 is 11.6 Å². The third kappa shape index (κ3) is 1.44. The molecule has 0 unspecified atom stereocenters. The fraction of sp³-hybridized carbons (Fsp3) is 0.300. The van der Waals surface area contributed by atoms with E-state index in [0.717, 1.165) is 5.69 Å². The monoisotopic (exact) mass is 239 g/mol. The van der Waals surface area contributed by atoms with Crippen molar-refractivity contribution < 1.29 is 9.53 Å². The van der Waals surface area contributed by atoms with Crippen molar-refractivity contribution in [1.29, 1.82) is 0 Å². The van der Waals surface area contributed by atoms with Crippen molar-refractivity contribution in [2.75, 3.05) is 7.11 Å². The minimum atomic E-state index is -0.498. The zero-order valence-corrected chi connectivity index (χ0v) is 9.87. The van der Waals surface area contributed by atoms with Crippen molar-refractivity contribution >= 4 is 28.6 Å². The highest BCUT2D eigenvalue weighted by atomic mass is 35.5. The average molecular weight is 240 g/mol. The van der Waals surface area contributed by atoms with Crippen LogP contribution in [-0.2, 0) is 11.8 Å². The molecule has 0 aliphatic carbocycles. The van der Waals surface area contributed by atoms with Gasteiger partial charge < -0.3 is 4.74 Å². The summed E-state index contributed by atoms with van der Waals surface area (Å²) in [5.41, 5.74) is 1.64. The maximum Gasteiger partial charge on any atom is 0.340 e. The Balaban J connectivity index is 2.79. The number of nitrogens with zero attached hydrogens (tertiary/aromatic N) is 3. The molecule has 0 spiro atoms. The van der Waals surface area contributed by atoms with Gasteiger partial charge in [-0.15, -0.1) is 0 Å². The molecule has 84 valence electrons. The summed E-state index contributed by atoms with van der Waals surface area (Å²) in [5.74, 6) is -0.498. The van der Waals surface area contributed by atoms with E-state index in [-0.39, 0.29) is 5.56 Å². The second kappa shape index (κ2) is 3.75. The van der Waals surface area contributed by atoms with E-state index >= 15 is 0 Å². The predicted octanol–water partition coefficient (Wildman–Crippen LogP) is 1.72. The Hall–Kier alpha value is -1.62. The number of hydrogen-bond acceptors (Lipinski definition) is 4. The fourth-order valence-corrected chi connectivity index (χ4v) is 1.97. The topological polar surface area (TPSA) is 57.0 Å². The summed E-state index contributed by atoms with van der Waals surface area (Å²) in [6.07, 6.45) is 1.40. The second-order valence-electron chi connectivity index (χ2n) is 3.39. The normalized spacial score (nSPS) is 10.8. The zero-order chi connectivity index (χ0) is 11.9. The van der Waals surface area contributed by atoms with Crippen LogP contribution < -0.4 is 0 Å². The minimum Gasteiger partial charge on any atom is -0.465 e. The summed E-state index contributed by atoms with van der Waals surface area (Å²) in [6.45, 7) is 1.82. The summed E-state index contributed by atoms with van der Waals surface area (Å²) >= 11 is 6.14. The van der Waals surface area contributed by atoms with Crippen molar-refractivity contribution in [2.24, 2.45) is 7.05 Å². The molecule has 0 bridgehead atoms. The molecule has 5 nitrogen and oxygen atoms in total. The Labute approximate surface area is 97.0 Å². The maximum absolute atomic E-state index is 11.4. The molecule has 0 aliphatic heterocycles. The number of esters is 1. The van der Waals surface area contributed by atoms with Crippen molar-refractivity contribution in [3.05, 3.63) is 22.5 Å². The third-order valence-electron chi connectivity index (χ3n) is 2.37. The Morgan fingerprint density at radius 2 is 2.25 bits per heavy atom. The first-order chi connectivity index (χ1) is 7.56. The fourth-order valence-electron chi connectivity index (χ4n) is 1.62. The summed E-state index contributed by atoms with van der Waals surface area (Å²) in [7, 11) is 3.08. The molecule has 0 aromatic carbocycles. The van der Waals surface area contributed by atoms with Gasteiger partial charge in [0.05, 0.1) is 28.8 Å². The highest BCUT2D eigenvalue weighted by molar-refractivity contribution is 6.38. The molecule has 0 N–H and O–H groups in total. The molecule has 0 aliphatic rings. The number of aryl methyl sites for hydroxylation is 2. The number of carbonyl (C=O) groups is 1. The van der Waals surface area contributed by atoms with Crippen LogP contribution in [0.3, 0.4) is 0 Å². The van der Waals surface area contributed by atoms with E-state index < -0.39 is 5.97 Å². The van der Waals surface area contributed by atoms with E-state index in [9.17, 15) is 4.79 Å². The van der Waals surface area contributed by atoms with Gasteiger partial charge in [0, 0.05) is 13.2 Å². The molecule has 6 heteroatoms. The van der Waals surface area contributed by atoms with Gasteiger partial charge in [0.15, 0.2) is 5.65 Å². The molecule has 0 atom stereocenters. The van der Waals surface area contributed by atoms with E-state index in [1.165, 1.54) is 13.3 Å². The van der Waals surface area contributed by atoms with Crippen molar-refractivity contribution in [3.63, 3.8) is 0 Å². The Kier molecular flexibility index (Phi) is 2.55. The lowest BCUT2D eigenvalue weighted by molar-refractivity contribution is 0.0600. The van der Waals surface area contributed by atoms with Gasteiger partial charge in [-0.05, 0) is 6.92 Å². The van der Waals surface area contributed by atoms with E-state index in [1.54, 1.807) is 11.7 Å². The molecule has 0 amide bonds. The van der Waals surface area contributed by atoms with Crippen LogP contribution in [0.25, 0.3) is 11.0 Å². The largest absolute Gasteiger partial charge is 0.465 e. The summed E-state index contributed by atoms with van der Waals surface area (Å²) in [4.78, 5) is 15.6. The molecule has 0 fully saturated rings. The van der Waals surface area contributed by atoms with Gasteiger partial charge in [-0.1, -0.05) is 11.6 Å². The number of ether oxygens (including phenoxy) is 1. The molecule has 2 rings (SSSR count). The second-order valence-corrected chi connectivity index (χ2v) is 3.76. The van der Waals surface area contributed by atoms with Gasteiger partial charge in [-0.2, -0.15) is 5.10 Å². The highest BCUT2D eigenvalue weighted by Crippen LogP contribution is 2.28. The predicted molar refractivity (Wildman–Crippen MR) is 59.6 cm³/mol. The smallest absolute Gasteiger partial charge is 0.340 e. The first-order valence-electron chi connectivity index (χ1n) is 4.62. The lowest BCUT2D eigenvalue weighted by atomic mass is 10.2. The van der Waals surface area contributed by atoms with E-state index in [1.807, 2.05) is 6.92 Å². The number of fused-ring (bicyclic) bond motifs is 1. The minimum absolute atomic E-state index is 0.257.